The van der Waals surface area contributed by atoms with Gasteiger partial charge in [0.05, 0.1) is 13.2 Å². The standard InChI is InChI=1S/C12H17NO2/c1-2-10-3-6-13-12(9-10)15-11-4-7-14-8-5-11/h3,6,9,11H,2,4-5,7-8H2,1H3. The smallest absolute Gasteiger partial charge is 0.213 e. The molecule has 82 valence electrons. The second kappa shape index (κ2) is 5.12. The fraction of sp³-hybridized carbons (Fsp3) is 0.583. The monoisotopic (exact) mass is 207 g/mol. The molecule has 0 aliphatic carbocycles. The Kier molecular flexibility index (Phi) is 3.56. The lowest BCUT2D eigenvalue weighted by atomic mass is 10.1. The van der Waals surface area contributed by atoms with Crippen LogP contribution < -0.4 is 4.74 Å². The van der Waals surface area contributed by atoms with Crippen molar-refractivity contribution in [2.24, 2.45) is 0 Å². The predicted molar refractivity (Wildman–Crippen MR) is 58.1 cm³/mol. The highest BCUT2D eigenvalue weighted by molar-refractivity contribution is 5.20. The zero-order valence-electron chi connectivity index (χ0n) is 9.11. The Hall–Kier alpha value is -1.09. The molecule has 1 aromatic heterocycles. The first-order valence-electron chi connectivity index (χ1n) is 5.58. The molecule has 2 heterocycles. The average molecular weight is 207 g/mol. The molecule has 0 bridgehead atoms. The number of ether oxygens (including phenoxy) is 2. The van der Waals surface area contributed by atoms with Gasteiger partial charge in [0, 0.05) is 25.1 Å². The van der Waals surface area contributed by atoms with Gasteiger partial charge in [0.1, 0.15) is 6.10 Å². The van der Waals surface area contributed by atoms with Gasteiger partial charge < -0.3 is 9.47 Å². The lowest BCUT2D eigenvalue weighted by Crippen LogP contribution is -2.26. The van der Waals surface area contributed by atoms with Crippen molar-refractivity contribution >= 4 is 0 Å². The fourth-order valence-corrected chi connectivity index (χ4v) is 1.70. The van der Waals surface area contributed by atoms with E-state index >= 15 is 0 Å². The number of pyridine rings is 1. The number of rotatable bonds is 3. The van der Waals surface area contributed by atoms with Crippen molar-refractivity contribution in [2.45, 2.75) is 32.3 Å². The highest BCUT2D eigenvalue weighted by atomic mass is 16.5. The van der Waals surface area contributed by atoms with Crippen molar-refractivity contribution in [3.05, 3.63) is 23.9 Å². The quantitative estimate of drug-likeness (QED) is 0.761. The largest absolute Gasteiger partial charge is 0.474 e. The van der Waals surface area contributed by atoms with Gasteiger partial charge in [-0.15, -0.1) is 0 Å². The van der Waals surface area contributed by atoms with Crippen LogP contribution >= 0.6 is 0 Å². The fourth-order valence-electron chi connectivity index (χ4n) is 1.70. The Morgan fingerprint density at radius 1 is 1.47 bits per heavy atom. The van der Waals surface area contributed by atoms with Crippen LogP contribution in [0.5, 0.6) is 5.88 Å². The second-order valence-corrected chi connectivity index (χ2v) is 3.79. The third-order valence-electron chi connectivity index (χ3n) is 2.66. The van der Waals surface area contributed by atoms with Gasteiger partial charge in [-0.3, -0.25) is 0 Å². The molecule has 1 saturated heterocycles. The Morgan fingerprint density at radius 3 is 3.00 bits per heavy atom. The van der Waals surface area contributed by atoms with Gasteiger partial charge >= 0.3 is 0 Å². The van der Waals surface area contributed by atoms with E-state index < -0.39 is 0 Å². The maximum Gasteiger partial charge on any atom is 0.213 e. The van der Waals surface area contributed by atoms with E-state index in [0.29, 0.717) is 0 Å². The molecule has 3 heteroatoms. The molecule has 0 N–H and O–H groups in total. The first-order chi connectivity index (χ1) is 7.38. The van der Waals surface area contributed by atoms with E-state index in [0.717, 1.165) is 38.4 Å². The molecule has 0 atom stereocenters. The summed E-state index contributed by atoms with van der Waals surface area (Å²) in [7, 11) is 0. The maximum absolute atomic E-state index is 5.81. The number of hydrogen-bond donors (Lipinski definition) is 0. The Balaban J connectivity index is 1.96. The molecule has 0 amide bonds. The third-order valence-corrected chi connectivity index (χ3v) is 2.66. The Bertz CT molecular complexity index is 308. The summed E-state index contributed by atoms with van der Waals surface area (Å²) >= 11 is 0. The van der Waals surface area contributed by atoms with E-state index in [1.54, 1.807) is 0 Å². The summed E-state index contributed by atoms with van der Waals surface area (Å²) in [4.78, 5) is 4.22. The third kappa shape index (κ3) is 2.93. The Morgan fingerprint density at radius 2 is 2.27 bits per heavy atom. The average Bonchev–Trinajstić information content (AvgIpc) is 2.31. The van der Waals surface area contributed by atoms with E-state index in [4.69, 9.17) is 9.47 Å². The van der Waals surface area contributed by atoms with E-state index in [1.807, 2.05) is 18.3 Å². The highest BCUT2D eigenvalue weighted by Gasteiger charge is 2.15. The summed E-state index contributed by atoms with van der Waals surface area (Å²) in [6.45, 7) is 3.74. The van der Waals surface area contributed by atoms with E-state index in [2.05, 4.69) is 11.9 Å². The van der Waals surface area contributed by atoms with Crippen molar-refractivity contribution in [3.63, 3.8) is 0 Å². The molecule has 0 radical (unpaired) electrons. The minimum atomic E-state index is 0.276. The zero-order valence-corrected chi connectivity index (χ0v) is 9.11. The van der Waals surface area contributed by atoms with Gasteiger partial charge in [-0.05, 0) is 18.1 Å². The van der Waals surface area contributed by atoms with E-state index in [1.165, 1.54) is 5.56 Å². The van der Waals surface area contributed by atoms with E-state index in [-0.39, 0.29) is 6.10 Å². The minimum absolute atomic E-state index is 0.276. The molecule has 3 nitrogen and oxygen atoms in total. The number of aromatic nitrogens is 1. The van der Waals surface area contributed by atoms with Crippen LogP contribution in [0.25, 0.3) is 0 Å². The lowest BCUT2D eigenvalue weighted by molar-refractivity contribution is 0.0237. The molecule has 2 rings (SSSR count). The molecule has 15 heavy (non-hydrogen) atoms. The van der Waals surface area contributed by atoms with Gasteiger partial charge in [0.25, 0.3) is 0 Å². The molecule has 0 aromatic carbocycles. The summed E-state index contributed by atoms with van der Waals surface area (Å²) < 4.78 is 11.1. The van der Waals surface area contributed by atoms with Crippen LogP contribution in [0.3, 0.4) is 0 Å². The van der Waals surface area contributed by atoms with E-state index in [9.17, 15) is 0 Å². The molecule has 1 aromatic rings. The Labute approximate surface area is 90.4 Å². The van der Waals surface area contributed by atoms with Crippen LogP contribution in [-0.4, -0.2) is 24.3 Å². The topological polar surface area (TPSA) is 31.4 Å². The normalized spacial score (nSPS) is 17.7. The minimum Gasteiger partial charge on any atom is -0.474 e. The predicted octanol–water partition coefficient (Wildman–Crippen LogP) is 2.20. The first kappa shape index (κ1) is 10.4. The van der Waals surface area contributed by atoms with Crippen molar-refractivity contribution in [3.8, 4) is 5.88 Å². The molecular weight excluding hydrogens is 190 g/mol. The second-order valence-electron chi connectivity index (χ2n) is 3.79. The van der Waals surface area contributed by atoms with Gasteiger partial charge in [-0.1, -0.05) is 6.92 Å². The number of aryl methyl sites for hydroxylation is 1. The summed E-state index contributed by atoms with van der Waals surface area (Å²) in [6, 6.07) is 4.05. The number of nitrogens with zero attached hydrogens (tertiary/aromatic N) is 1. The van der Waals surface area contributed by atoms with Crippen LogP contribution in [0.15, 0.2) is 18.3 Å². The van der Waals surface area contributed by atoms with Gasteiger partial charge in [-0.25, -0.2) is 4.98 Å². The molecule has 0 spiro atoms. The highest BCUT2D eigenvalue weighted by Crippen LogP contribution is 2.16. The SMILES string of the molecule is CCc1ccnc(OC2CCOCC2)c1. The first-order valence-corrected chi connectivity index (χ1v) is 5.58. The van der Waals surface area contributed by atoms with Gasteiger partial charge in [0.2, 0.25) is 5.88 Å². The molecular formula is C12H17NO2. The summed E-state index contributed by atoms with van der Waals surface area (Å²) in [5, 5.41) is 0. The van der Waals surface area contributed by atoms with Crippen LogP contribution in [-0.2, 0) is 11.2 Å². The maximum atomic E-state index is 5.81. The lowest BCUT2D eigenvalue weighted by Gasteiger charge is -2.22. The van der Waals surface area contributed by atoms with Gasteiger partial charge in [0.15, 0.2) is 0 Å². The van der Waals surface area contributed by atoms with Crippen LogP contribution in [0, 0.1) is 0 Å². The molecule has 1 aliphatic heterocycles. The number of hydrogen-bond acceptors (Lipinski definition) is 3. The summed E-state index contributed by atoms with van der Waals surface area (Å²) in [6.07, 6.45) is 5.05. The molecule has 1 fully saturated rings. The van der Waals surface area contributed by atoms with Crippen LogP contribution in [0.2, 0.25) is 0 Å². The van der Waals surface area contributed by atoms with Crippen LogP contribution in [0.4, 0.5) is 0 Å². The van der Waals surface area contributed by atoms with Crippen molar-refractivity contribution in [1.29, 1.82) is 0 Å². The van der Waals surface area contributed by atoms with Crippen molar-refractivity contribution < 1.29 is 9.47 Å². The summed E-state index contributed by atoms with van der Waals surface area (Å²) in [5.74, 6) is 0.751. The van der Waals surface area contributed by atoms with Gasteiger partial charge in [-0.2, -0.15) is 0 Å². The zero-order chi connectivity index (χ0) is 10.5. The molecule has 1 aliphatic rings. The summed E-state index contributed by atoms with van der Waals surface area (Å²) in [5.41, 5.74) is 1.27. The molecule has 0 saturated carbocycles. The van der Waals surface area contributed by atoms with Crippen molar-refractivity contribution in [2.75, 3.05) is 13.2 Å². The van der Waals surface area contributed by atoms with Crippen LogP contribution in [0.1, 0.15) is 25.3 Å². The molecule has 0 unspecified atom stereocenters. The van der Waals surface area contributed by atoms with Crippen molar-refractivity contribution in [1.82, 2.24) is 4.98 Å².